The molecule has 0 aliphatic carbocycles. The van der Waals surface area contributed by atoms with E-state index in [1.807, 2.05) is 6.07 Å². The summed E-state index contributed by atoms with van der Waals surface area (Å²) in [7, 11) is 0. The van der Waals surface area contributed by atoms with Crippen LogP contribution in [0.15, 0.2) is 24.3 Å². The molecule has 2 aliphatic rings. The average molecular weight is 247 g/mol. The number of hydrogen-bond acceptors (Lipinski definition) is 4. The number of fused-ring (bicyclic) bond motifs is 1. The number of nitrogens with zero attached hydrogens (tertiary/aromatic N) is 2. The number of anilines is 1. The van der Waals surface area contributed by atoms with Crippen molar-refractivity contribution in [2.45, 2.75) is 18.9 Å². The van der Waals surface area contributed by atoms with Crippen LogP contribution in [0.1, 0.15) is 12.8 Å². The molecule has 3 rings (SSSR count). The molecule has 5 heteroatoms. The van der Waals surface area contributed by atoms with Gasteiger partial charge in [0, 0.05) is 37.0 Å². The number of piperidine rings is 1. The Morgan fingerprint density at radius 1 is 1.39 bits per heavy atom. The molecule has 0 bridgehead atoms. The molecule has 96 valence electrons. The van der Waals surface area contributed by atoms with Crippen LogP contribution in [0.4, 0.5) is 11.4 Å². The number of rotatable bonds is 2. The third-order valence-electron chi connectivity index (χ3n) is 4.00. The molecule has 1 aromatic carbocycles. The predicted molar refractivity (Wildman–Crippen MR) is 69.8 cm³/mol. The van der Waals surface area contributed by atoms with E-state index in [2.05, 4.69) is 10.2 Å². The maximum absolute atomic E-state index is 10.8. The normalized spacial score (nSPS) is 27.0. The van der Waals surface area contributed by atoms with Gasteiger partial charge in [0.25, 0.3) is 5.69 Å². The number of non-ortho nitro benzene ring substituents is 1. The molecule has 0 saturated carbocycles. The number of nitro groups is 1. The fraction of sp³-hybridized carbons (Fsp3) is 0.538. The highest BCUT2D eigenvalue weighted by atomic mass is 16.6. The summed E-state index contributed by atoms with van der Waals surface area (Å²) in [6.07, 6.45) is 2.51. The Morgan fingerprint density at radius 2 is 2.28 bits per heavy atom. The maximum Gasteiger partial charge on any atom is 0.271 e. The first kappa shape index (κ1) is 11.5. The molecule has 0 radical (unpaired) electrons. The molecule has 2 heterocycles. The molecule has 1 N–H and O–H groups in total. The fourth-order valence-corrected chi connectivity index (χ4v) is 3.06. The van der Waals surface area contributed by atoms with Crippen LogP contribution in [0.3, 0.4) is 0 Å². The molecule has 0 amide bonds. The minimum absolute atomic E-state index is 0.176. The number of benzene rings is 1. The zero-order valence-corrected chi connectivity index (χ0v) is 10.2. The van der Waals surface area contributed by atoms with Crippen molar-refractivity contribution < 1.29 is 4.92 Å². The Morgan fingerprint density at radius 3 is 3.06 bits per heavy atom. The van der Waals surface area contributed by atoms with Gasteiger partial charge < -0.3 is 10.2 Å². The minimum Gasteiger partial charge on any atom is -0.369 e. The first-order valence-electron chi connectivity index (χ1n) is 6.47. The second-order valence-corrected chi connectivity index (χ2v) is 5.14. The largest absolute Gasteiger partial charge is 0.369 e. The zero-order valence-electron chi connectivity index (χ0n) is 10.2. The van der Waals surface area contributed by atoms with Crippen LogP contribution in [-0.2, 0) is 0 Å². The topological polar surface area (TPSA) is 58.4 Å². The maximum atomic E-state index is 10.8. The Labute approximate surface area is 106 Å². The Balaban J connectivity index is 1.79. The van der Waals surface area contributed by atoms with E-state index in [9.17, 15) is 10.1 Å². The van der Waals surface area contributed by atoms with Crippen molar-refractivity contribution in [1.29, 1.82) is 0 Å². The van der Waals surface area contributed by atoms with Gasteiger partial charge in [-0.05, 0) is 31.4 Å². The van der Waals surface area contributed by atoms with Gasteiger partial charge in [-0.3, -0.25) is 10.1 Å². The van der Waals surface area contributed by atoms with Crippen molar-refractivity contribution in [2.75, 3.05) is 24.5 Å². The SMILES string of the molecule is O=[N+]([O-])c1cccc(N2C[C@@H]3CCCN[C@@H]3C2)c1. The van der Waals surface area contributed by atoms with Crippen molar-refractivity contribution in [3.05, 3.63) is 34.4 Å². The molecule has 2 atom stereocenters. The predicted octanol–water partition coefficient (Wildman–Crippen LogP) is 1.78. The monoisotopic (exact) mass is 247 g/mol. The standard InChI is InChI=1S/C13H17N3O2/c17-16(18)12-5-1-4-11(7-12)15-8-10-3-2-6-14-13(10)9-15/h1,4-5,7,10,13-14H,2-3,6,8-9H2/t10-,13+/m0/s1. The van der Waals surface area contributed by atoms with Crippen LogP contribution in [0, 0.1) is 16.0 Å². The highest BCUT2D eigenvalue weighted by Gasteiger charge is 2.34. The third-order valence-corrected chi connectivity index (χ3v) is 4.00. The van der Waals surface area contributed by atoms with Gasteiger partial charge in [0.1, 0.15) is 0 Å². The second-order valence-electron chi connectivity index (χ2n) is 5.14. The van der Waals surface area contributed by atoms with E-state index in [1.165, 1.54) is 12.8 Å². The number of hydrogen-bond donors (Lipinski definition) is 1. The Bertz CT molecular complexity index is 449. The zero-order chi connectivity index (χ0) is 12.5. The van der Waals surface area contributed by atoms with Crippen LogP contribution in [0.25, 0.3) is 0 Å². The summed E-state index contributed by atoms with van der Waals surface area (Å²) >= 11 is 0. The molecular weight excluding hydrogens is 230 g/mol. The smallest absolute Gasteiger partial charge is 0.271 e. The van der Waals surface area contributed by atoms with Crippen molar-refractivity contribution in [1.82, 2.24) is 5.32 Å². The van der Waals surface area contributed by atoms with Crippen LogP contribution >= 0.6 is 0 Å². The molecule has 1 aromatic rings. The van der Waals surface area contributed by atoms with E-state index < -0.39 is 0 Å². The summed E-state index contributed by atoms with van der Waals surface area (Å²) in [4.78, 5) is 12.7. The van der Waals surface area contributed by atoms with Crippen LogP contribution in [-0.4, -0.2) is 30.6 Å². The highest BCUT2D eigenvalue weighted by molar-refractivity contribution is 5.54. The van der Waals surface area contributed by atoms with Crippen molar-refractivity contribution >= 4 is 11.4 Å². The van der Waals surface area contributed by atoms with Gasteiger partial charge in [0.2, 0.25) is 0 Å². The molecule has 5 nitrogen and oxygen atoms in total. The summed E-state index contributed by atoms with van der Waals surface area (Å²) in [5.41, 5.74) is 1.15. The van der Waals surface area contributed by atoms with E-state index in [4.69, 9.17) is 0 Å². The lowest BCUT2D eigenvalue weighted by atomic mass is 9.94. The Kier molecular flexibility index (Phi) is 2.91. The molecule has 18 heavy (non-hydrogen) atoms. The van der Waals surface area contributed by atoms with Gasteiger partial charge in [-0.1, -0.05) is 6.07 Å². The van der Waals surface area contributed by atoms with E-state index in [-0.39, 0.29) is 10.6 Å². The first-order valence-corrected chi connectivity index (χ1v) is 6.47. The van der Waals surface area contributed by atoms with Crippen molar-refractivity contribution in [3.63, 3.8) is 0 Å². The third kappa shape index (κ3) is 2.06. The molecule has 0 aromatic heterocycles. The van der Waals surface area contributed by atoms with Gasteiger partial charge in [-0.15, -0.1) is 0 Å². The first-order chi connectivity index (χ1) is 8.74. The van der Waals surface area contributed by atoms with Crippen molar-refractivity contribution in [3.8, 4) is 0 Å². The lowest BCUT2D eigenvalue weighted by Crippen LogP contribution is -2.40. The molecule has 2 saturated heterocycles. The van der Waals surface area contributed by atoms with E-state index >= 15 is 0 Å². The van der Waals surface area contributed by atoms with Crippen LogP contribution in [0.5, 0.6) is 0 Å². The van der Waals surface area contributed by atoms with Gasteiger partial charge in [-0.25, -0.2) is 0 Å². The lowest BCUT2D eigenvalue weighted by molar-refractivity contribution is -0.384. The van der Waals surface area contributed by atoms with Gasteiger partial charge in [-0.2, -0.15) is 0 Å². The molecule has 2 aliphatic heterocycles. The lowest BCUT2D eigenvalue weighted by Gasteiger charge is -2.24. The number of nitro benzene ring substituents is 1. The quantitative estimate of drug-likeness (QED) is 0.639. The van der Waals surface area contributed by atoms with Gasteiger partial charge in [0.15, 0.2) is 0 Å². The minimum atomic E-state index is -0.328. The highest BCUT2D eigenvalue weighted by Crippen LogP contribution is 2.30. The van der Waals surface area contributed by atoms with E-state index in [1.54, 1.807) is 18.2 Å². The van der Waals surface area contributed by atoms with E-state index in [0.717, 1.165) is 25.3 Å². The summed E-state index contributed by atoms with van der Waals surface area (Å²) in [6, 6.07) is 7.51. The van der Waals surface area contributed by atoms with Gasteiger partial charge >= 0.3 is 0 Å². The summed E-state index contributed by atoms with van der Waals surface area (Å²) in [5, 5.41) is 14.3. The molecular formula is C13H17N3O2. The molecule has 2 fully saturated rings. The van der Waals surface area contributed by atoms with Crippen LogP contribution < -0.4 is 10.2 Å². The van der Waals surface area contributed by atoms with Gasteiger partial charge in [0.05, 0.1) is 4.92 Å². The Hall–Kier alpha value is -1.62. The van der Waals surface area contributed by atoms with Crippen molar-refractivity contribution in [2.24, 2.45) is 5.92 Å². The molecule has 0 spiro atoms. The van der Waals surface area contributed by atoms with E-state index in [0.29, 0.717) is 12.0 Å². The van der Waals surface area contributed by atoms with Crippen LogP contribution in [0.2, 0.25) is 0 Å². The second kappa shape index (κ2) is 4.57. The number of nitrogens with one attached hydrogen (secondary N) is 1. The summed E-state index contributed by atoms with van der Waals surface area (Å²) < 4.78 is 0. The molecule has 0 unspecified atom stereocenters. The summed E-state index contributed by atoms with van der Waals surface area (Å²) in [5.74, 6) is 0.693. The average Bonchev–Trinajstić information content (AvgIpc) is 2.82. The fourth-order valence-electron chi connectivity index (χ4n) is 3.06. The summed E-state index contributed by atoms with van der Waals surface area (Å²) in [6.45, 7) is 3.08.